The van der Waals surface area contributed by atoms with E-state index in [2.05, 4.69) is 10.1 Å². The zero-order valence-corrected chi connectivity index (χ0v) is 10.9. The molecule has 18 heavy (non-hydrogen) atoms. The summed E-state index contributed by atoms with van der Waals surface area (Å²) in [7, 11) is 0. The highest BCUT2D eigenvalue weighted by atomic mass is 32.2. The van der Waals surface area contributed by atoms with Gasteiger partial charge in [0.05, 0.1) is 6.61 Å². The molecule has 6 heteroatoms. The Morgan fingerprint density at radius 3 is 2.72 bits per heavy atom. The average molecular weight is 264 g/mol. The van der Waals surface area contributed by atoms with E-state index in [0.717, 1.165) is 10.5 Å². The molecule has 0 unspecified atom stereocenters. The lowest BCUT2D eigenvalue weighted by atomic mass is 10.2. The summed E-state index contributed by atoms with van der Waals surface area (Å²) in [6.45, 7) is 2.01. The van der Waals surface area contributed by atoms with Crippen LogP contribution in [0.4, 0.5) is 0 Å². The third kappa shape index (κ3) is 2.70. The summed E-state index contributed by atoms with van der Waals surface area (Å²) >= 11 is 1.65. The maximum absolute atomic E-state index is 11.4. The third-order valence-corrected chi connectivity index (χ3v) is 2.96. The smallest absolute Gasteiger partial charge is 0.379 e. The minimum atomic E-state index is -0.576. The molecule has 0 radical (unpaired) electrons. The number of aromatic nitrogens is 2. The number of carbonyl (C=O) groups is 1. The van der Waals surface area contributed by atoms with Gasteiger partial charge in [-0.25, -0.2) is 4.79 Å². The van der Waals surface area contributed by atoms with Crippen LogP contribution in [0.15, 0.2) is 33.7 Å². The largest absolute Gasteiger partial charge is 0.460 e. The van der Waals surface area contributed by atoms with Gasteiger partial charge >= 0.3 is 5.97 Å². The van der Waals surface area contributed by atoms with E-state index in [1.165, 1.54) is 0 Å². The maximum atomic E-state index is 11.4. The second-order valence-corrected chi connectivity index (χ2v) is 4.25. The summed E-state index contributed by atoms with van der Waals surface area (Å²) in [5.74, 6) is -0.320. The lowest BCUT2D eigenvalue weighted by Gasteiger charge is -1.96. The fourth-order valence-corrected chi connectivity index (χ4v) is 1.76. The molecule has 2 aromatic rings. The summed E-state index contributed by atoms with van der Waals surface area (Å²) in [6, 6.07) is 7.64. The van der Waals surface area contributed by atoms with Crippen molar-refractivity contribution in [3.05, 3.63) is 30.1 Å². The van der Waals surface area contributed by atoms with E-state index in [4.69, 9.17) is 9.26 Å². The van der Waals surface area contributed by atoms with E-state index in [-0.39, 0.29) is 12.4 Å². The van der Waals surface area contributed by atoms with Crippen LogP contribution in [0.2, 0.25) is 0 Å². The van der Waals surface area contributed by atoms with Crippen molar-refractivity contribution < 1.29 is 14.1 Å². The van der Waals surface area contributed by atoms with Crippen LogP contribution in [0, 0.1) is 0 Å². The number of ether oxygens (including phenoxy) is 1. The third-order valence-electron chi connectivity index (χ3n) is 2.22. The zero-order chi connectivity index (χ0) is 13.0. The van der Waals surface area contributed by atoms with Gasteiger partial charge in [-0.15, -0.1) is 11.8 Å². The Hall–Kier alpha value is -1.82. The molecular formula is C12H12N2O3S. The second-order valence-electron chi connectivity index (χ2n) is 3.37. The van der Waals surface area contributed by atoms with E-state index in [1.807, 2.05) is 30.5 Å². The molecule has 5 nitrogen and oxygen atoms in total. The van der Waals surface area contributed by atoms with Gasteiger partial charge in [0.2, 0.25) is 0 Å². The normalized spacial score (nSPS) is 10.3. The molecule has 0 aliphatic carbocycles. The molecular weight excluding hydrogens is 252 g/mol. The predicted molar refractivity (Wildman–Crippen MR) is 67.5 cm³/mol. The van der Waals surface area contributed by atoms with Gasteiger partial charge in [0, 0.05) is 10.5 Å². The number of nitrogens with zero attached hydrogens (tertiary/aromatic N) is 2. The second kappa shape index (κ2) is 5.68. The van der Waals surface area contributed by atoms with Gasteiger partial charge in [-0.3, -0.25) is 0 Å². The molecule has 0 aliphatic rings. The molecule has 0 bridgehead atoms. The van der Waals surface area contributed by atoms with Gasteiger partial charge in [-0.2, -0.15) is 4.98 Å². The Morgan fingerprint density at radius 2 is 2.11 bits per heavy atom. The van der Waals surface area contributed by atoms with E-state index in [0.29, 0.717) is 5.89 Å². The van der Waals surface area contributed by atoms with Gasteiger partial charge in [0.15, 0.2) is 0 Å². The van der Waals surface area contributed by atoms with Crippen LogP contribution in [-0.2, 0) is 4.74 Å². The van der Waals surface area contributed by atoms with Crippen LogP contribution in [0.25, 0.3) is 11.5 Å². The first-order valence-electron chi connectivity index (χ1n) is 5.40. The van der Waals surface area contributed by atoms with Crippen molar-refractivity contribution in [3.63, 3.8) is 0 Å². The van der Waals surface area contributed by atoms with Crippen LogP contribution < -0.4 is 0 Å². The summed E-state index contributed by atoms with van der Waals surface area (Å²) in [6.07, 6.45) is 2.00. The van der Waals surface area contributed by atoms with Gasteiger partial charge in [-0.1, -0.05) is 0 Å². The summed E-state index contributed by atoms with van der Waals surface area (Å²) in [5.41, 5.74) is 0.774. The summed E-state index contributed by atoms with van der Waals surface area (Å²) in [5, 5.41) is 3.59. The number of carbonyl (C=O) groups excluding carboxylic acids is 1. The molecule has 0 amide bonds. The van der Waals surface area contributed by atoms with Crippen molar-refractivity contribution in [3.8, 4) is 11.5 Å². The Bertz CT molecular complexity index is 537. The van der Waals surface area contributed by atoms with Crippen molar-refractivity contribution in [2.24, 2.45) is 0 Å². The van der Waals surface area contributed by atoms with Crippen molar-refractivity contribution in [2.75, 3.05) is 12.9 Å². The standard InChI is InChI=1S/C12H12N2O3S/c1-3-16-12(15)10-13-11(17-14-10)8-4-6-9(18-2)7-5-8/h4-7H,3H2,1-2H3. The minimum absolute atomic E-state index is 0.0548. The fourth-order valence-electron chi connectivity index (χ4n) is 1.35. The van der Waals surface area contributed by atoms with E-state index in [1.54, 1.807) is 18.7 Å². The molecule has 1 heterocycles. The maximum Gasteiger partial charge on any atom is 0.379 e. The fraction of sp³-hybridized carbons (Fsp3) is 0.250. The Balaban J connectivity index is 2.20. The van der Waals surface area contributed by atoms with Gasteiger partial charge in [-0.05, 0) is 42.6 Å². The van der Waals surface area contributed by atoms with Crippen molar-refractivity contribution in [1.82, 2.24) is 10.1 Å². The molecule has 1 aromatic heterocycles. The van der Waals surface area contributed by atoms with E-state index >= 15 is 0 Å². The van der Waals surface area contributed by atoms with Crippen molar-refractivity contribution in [1.29, 1.82) is 0 Å². The van der Waals surface area contributed by atoms with E-state index < -0.39 is 5.97 Å². The van der Waals surface area contributed by atoms with Crippen molar-refractivity contribution in [2.45, 2.75) is 11.8 Å². The molecule has 0 N–H and O–H groups in total. The SMILES string of the molecule is CCOC(=O)c1noc(-c2ccc(SC)cc2)n1. The first-order chi connectivity index (χ1) is 8.74. The molecule has 0 saturated carbocycles. The Morgan fingerprint density at radius 1 is 1.39 bits per heavy atom. The minimum Gasteiger partial charge on any atom is -0.460 e. The van der Waals surface area contributed by atoms with Crippen LogP contribution in [0.1, 0.15) is 17.5 Å². The first-order valence-corrected chi connectivity index (χ1v) is 6.62. The number of hydrogen-bond acceptors (Lipinski definition) is 6. The number of thioether (sulfide) groups is 1. The molecule has 0 aliphatic heterocycles. The number of benzene rings is 1. The highest BCUT2D eigenvalue weighted by molar-refractivity contribution is 7.98. The molecule has 0 atom stereocenters. The van der Waals surface area contributed by atoms with Crippen LogP contribution in [0.3, 0.4) is 0 Å². The lowest BCUT2D eigenvalue weighted by Crippen LogP contribution is -2.06. The van der Waals surface area contributed by atoms with Crippen LogP contribution in [-0.4, -0.2) is 29.0 Å². The molecule has 94 valence electrons. The molecule has 0 saturated heterocycles. The molecule has 2 rings (SSSR count). The summed E-state index contributed by atoms with van der Waals surface area (Å²) < 4.78 is 9.81. The van der Waals surface area contributed by atoms with Gasteiger partial charge < -0.3 is 9.26 Å². The predicted octanol–water partition coefficient (Wildman–Crippen LogP) is 2.64. The summed E-state index contributed by atoms with van der Waals surface area (Å²) in [4.78, 5) is 16.5. The Kier molecular flexibility index (Phi) is 3.99. The quantitative estimate of drug-likeness (QED) is 0.624. The number of esters is 1. The van der Waals surface area contributed by atoms with Crippen molar-refractivity contribution >= 4 is 17.7 Å². The highest BCUT2D eigenvalue weighted by Crippen LogP contribution is 2.21. The Labute approximate surface area is 109 Å². The van der Waals surface area contributed by atoms with Gasteiger partial charge in [0.1, 0.15) is 0 Å². The average Bonchev–Trinajstić information content (AvgIpc) is 2.89. The highest BCUT2D eigenvalue weighted by Gasteiger charge is 2.16. The molecule has 1 aromatic carbocycles. The lowest BCUT2D eigenvalue weighted by molar-refractivity contribution is 0.0508. The van der Waals surface area contributed by atoms with Crippen LogP contribution >= 0.6 is 11.8 Å². The number of rotatable bonds is 4. The number of hydrogen-bond donors (Lipinski definition) is 0. The van der Waals surface area contributed by atoms with E-state index in [9.17, 15) is 4.79 Å². The zero-order valence-electron chi connectivity index (χ0n) is 10.0. The molecule has 0 spiro atoms. The molecule has 0 fully saturated rings. The van der Waals surface area contributed by atoms with Crippen LogP contribution in [0.5, 0.6) is 0 Å². The first kappa shape index (κ1) is 12.6. The van der Waals surface area contributed by atoms with Gasteiger partial charge in [0.25, 0.3) is 11.7 Å². The topological polar surface area (TPSA) is 65.2 Å². The monoisotopic (exact) mass is 264 g/mol.